The van der Waals surface area contributed by atoms with E-state index in [4.69, 9.17) is 16.0 Å². The van der Waals surface area contributed by atoms with Crippen LogP contribution in [0.25, 0.3) is 11.6 Å². The first-order chi connectivity index (χ1) is 11.4. The number of aryl methyl sites for hydroxylation is 1. The van der Waals surface area contributed by atoms with Crippen LogP contribution in [-0.4, -0.2) is 23.6 Å². The van der Waals surface area contributed by atoms with Crippen molar-refractivity contribution >= 4 is 27.3 Å². The zero-order chi connectivity index (χ0) is 17.3. The number of nitrogens with zero attached hydrogens (tertiary/aromatic N) is 2. The molecule has 1 aromatic carbocycles. The fourth-order valence-corrected chi connectivity index (χ4v) is 3.37. The second-order valence-electron chi connectivity index (χ2n) is 5.12. The molecule has 9 heteroatoms. The molecule has 126 valence electrons. The molecule has 0 unspecified atom stereocenters. The van der Waals surface area contributed by atoms with Gasteiger partial charge in [0, 0.05) is 17.6 Å². The van der Waals surface area contributed by atoms with Crippen molar-refractivity contribution in [2.45, 2.75) is 25.2 Å². The van der Waals surface area contributed by atoms with E-state index in [1.807, 2.05) is 6.92 Å². The Kier molecular flexibility index (Phi) is 4.33. The van der Waals surface area contributed by atoms with Gasteiger partial charge >= 0.3 is 0 Å². The summed E-state index contributed by atoms with van der Waals surface area (Å²) in [6, 6.07) is 6.47. The van der Waals surface area contributed by atoms with E-state index in [-0.39, 0.29) is 10.8 Å². The SMILES string of the molecule is CCc1nnc(-c2cc(S(=O)(=O)Nc3cccc(Cl)c3C)c[nH]2)o1. The predicted octanol–water partition coefficient (Wildman–Crippen LogP) is 3.39. The van der Waals surface area contributed by atoms with Gasteiger partial charge < -0.3 is 9.40 Å². The number of hydrogen-bond acceptors (Lipinski definition) is 5. The molecule has 2 N–H and O–H groups in total. The van der Waals surface area contributed by atoms with Crippen LogP contribution in [0.4, 0.5) is 5.69 Å². The molecule has 3 aromatic rings. The maximum atomic E-state index is 12.5. The van der Waals surface area contributed by atoms with Gasteiger partial charge in [-0.1, -0.05) is 24.6 Å². The summed E-state index contributed by atoms with van der Waals surface area (Å²) in [5.41, 5.74) is 1.52. The van der Waals surface area contributed by atoms with Crippen molar-refractivity contribution in [3.63, 3.8) is 0 Å². The maximum absolute atomic E-state index is 12.5. The van der Waals surface area contributed by atoms with Crippen LogP contribution in [0.3, 0.4) is 0 Å². The molecule has 2 aromatic heterocycles. The van der Waals surface area contributed by atoms with Gasteiger partial charge in [0.25, 0.3) is 15.9 Å². The highest BCUT2D eigenvalue weighted by molar-refractivity contribution is 7.92. The lowest BCUT2D eigenvalue weighted by Gasteiger charge is -2.10. The molecule has 7 nitrogen and oxygen atoms in total. The topological polar surface area (TPSA) is 101 Å². The molecule has 0 atom stereocenters. The summed E-state index contributed by atoms with van der Waals surface area (Å²) in [5, 5.41) is 8.23. The molecule has 2 heterocycles. The summed E-state index contributed by atoms with van der Waals surface area (Å²) in [6.07, 6.45) is 1.97. The number of anilines is 1. The number of hydrogen-bond donors (Lipinski definition) is 2. The molecular weight excluding hydrogens is 352 g/mol. The fourth-order valence-electron chi connectivity index (χ4n) is 2.08. The Labute approximate surface area is 144 Å². The quantitative estimate of drug-likeness (QED) is 0.720. The second-order valence-corrected chi connectivity index (χ2v) is 7.21. The van der Waals surface area contributed by atoms with E-state index in [1.165, 1.54) is 12.3 Å². The number of benzene rings is 1. The van der Waals surface area contributed by atoms with Gasteiger partial charge in [-0.05, 0) is 30.7 Å². The molecule has 0 aliphatic heterocycles. The van der Waals surface area contributed by atoms with Crippen molar-refractivity contribution in [2.24, 2.45) is 0 Å². The summed E-state index contributed by atoms with van der Waals surface area (Å²) >= 11 is 6.02. The third-order valence-corrected chi connectivity index (χ3v) is 5.23. The zero-order valence-electron chi connectivity index (χ0n) is 13.0. The van der Waals surface area contributed by atoms with Gasteiger partial charge in [-0.15, -0.1) is 10.2 Å². The largest absolute Gasteiger partial charge is 0.419 e. The molecular formula is C15H15ClN4O3S. The smallest absolute Gasteiger partial charge is 0.264 e. The monoisotopic (exact) mass is 366 g/mol. The molecule has 0 aliphatic rings. The van der Waals surface area contributed by atoms with Gasteiger partial charge in [0.2, 0.25) is 5.89 Å². The number of H-pyrrole nitrogens is 1. The van der Waals surface area contributed by atoms with Crippen LogP contribution in [0.2, 0.25) is 5.02 Å². The molecule has 3 rings (SSSR count). The van der Waals surface area contributed by atoms with Crippen LogP contribution >= 0.6 is 11.6 Å². The number of halogens is 1. The van der Waals surface area contributed by atoms with Gasteiger partial charge in [-0.25, -0.2) is 8.42 Å². The fraction of sp³-hybridized carbons (Fsp3) is 0.200. The normalized spacial score (nSPS) is 11.6. The molecule has 24 heavy (non-hydrogen) atoms. The molecule has 0 radical (unpaired) electrons. The van der Waals surface area contributed by atoms with E-state index in [0.29, 0.717) is 34.3 Å². The minimum absolute atomic E-state index is 0.0631. The molecule has 0 bridgehead atoms. The predicted molar refractivity (Wildman–Crippen MR) is 90.5 cm³/mol. The Morgan fingerprint density at radius 3 is 2.83 bits per heavy atom. The van der Waals surface area contributed by atoms with Crippen LogP contribution in [-0.2, 0) is 16.4 Å². The first kappa shape index (κ1) is 16.5. The van der Waals surface area contributed by atoms with E-state index in [2.05, 4.69) is 19.9 Å². The first-order valence-electron chi connectivity index (χ1n) is 7.20. The molecule has 0 amide bonds. The van der Waals surface area contributed by atoms with Gasteiger partial charge in [-0.2, -0.15) is 0 Å². The van der Waals surface area contributed by atoms with Crippen LogP contribution in [0.1, 0.15) is 18.4 Å². The van der Waals surface area contributed by atoms with Crippen molar-refractivity contribution in [3.8, 4) is 11.6 Å². The van der Waals surface area contributed by atoms with E-state index in [1.54, 1.807) is 25.1 Å². The van der Waals surface area contributed by atoms with Crippen molar-refractivity contribution in [1.82, 2.24) is 15.2 Å². The average Bonchev–Trinajstić information content (AvgIpc) is 3.20. The van der Waals surface area contributed by atoms with Crippen molar-refractivity contribution in [2.75, 3.05) is 4.72 Å². The zero-order valence-corrected chi connectivity index (χ0v) is 14.6. The number of sulfonamides is 1. The summed E-state index contributed by atoms with van der Waals surface area (Å²) in [5.74, 6) is 0.726. The number of rotatable bonds is 5. The minimum Gasteiger partial charge on any atom is -0.419 e. The summed E-state index contributed by atoms with van der Waals surface area (Å²) in [4.78, 5) is 2.90. The highest BCUT2D eigenvalue weighted by Crippen LogP contribution is 2.27. The third kappa shape index (κ3) is 3.15. The lowest BCUT2D eigenvalue weighted by atomic mass is 10.2. The lowest BCUT2D eigenvalue weighted by molar-refractivity contribution is 0.511. The van der Waals surface area contributed by atoms with Crippen LogP contribution in [0, 0.1) is 6.92 Å². The van der Waals surface area contributed by atoms with Gasteiger partial charge in [0.1, 0.15) is 10.6 Å². The van der Waals surface area contributed by atoms with Crippen LogP contribution in [0.5, 0.6) is 0 Å². The van der Waals surface area contributed by atoms with Crippen molar-refractivity contribution in [1.29, 1.82) is 0 Å². The van der Waals surface area contributed by atoms with Crippen LogP contribution < -0.4 is 4.72 Å². The summed E-state index contributed by atoms with van der Waals surface area (Å²) in [7, 11) is -3.77. The van der Waals surface area contributed by atoms with Gasteiger partial charge in [0.15, 0.2) is 0 Å². The summed E-state index contributed by atoms with van der Waals surface area (Å²) < 4.78 is 33.0. The minimum atomic E-state index is -3.77. The standard InChI is InChI=1S/C15H15ClN4O3S/c1-3-14-18-19-15(23-14)13-7-10(8-17-13)24(21,22)20-12-6-4-5-11(16)9(12)2/h4-8,17,20H,3H2,1-2H3. The Balaban J connectivity index is 1.89. The van der Waals surface area contributed by atoms with Crippen LogP contribution in [0.15, 0.2) is 39.8 Å². The average molecular weight is 367 g/mol. The van der Waals surface area contributed by atoms with E-state index >= 15 is 0 Å². The van der Waals surface area contributed by atoms with E-state index < -0.39 is 10.0 Å². The highest BCUT2D eigenvalue weighted by Gasteiger charge is 2.20. The lowest BCUT2D eigenvalue weighted by Crippen LogP contribution is -2.13. The molecule has 0 saturated carbocycles. The van der Waals surface area contributed by atoms with Gasteiger partial charge in [-0.3, -0.25) is 4.72 Å². The molecule has 0 saturated heterocycles. The van der Waals surface area contributed by atoms with E-state index in [0.717, 1.165) is 0 Å². The van der Waals surface area contributed by atoms with E-state index in [9.17, 15) is 8.42 Å². The molecule has 0 spiro atoms. The number of aromatic amines is 1. The molecule has 0 fully saturated rings. The highest BCUT2D eigenvalue weighted by atomic mass is 35.5. The van der Waals surface area contributed by atoms with Crippen molar-refractivity contribution in [3.05, 3.63) is 46.9 Å². The maximum Gasteiger partial charge on any atom is 0.264 e. The number of aromatic nitrogens is 3. The summed E-state index contributed by atoms with van der Waals surface area (Å²) in [6.45, 7) is 3.63. The van der Waals surface area contributed by atoms with Gasteiger partial charge in [0.05, 0.1) is 5.69 Å². The Bertz CT molecular complexity index is 978. The Morgan fingerprint density at radius 2 is 2.12 bits per heavy atom. The first-order valence-corrected chi connectivity index (χ1v) is 9.06. The third-order valence-electron chi connectivity index (χ3n) is 3.48. The molecule has 0 aliphatic carbocycles. The Morgan fingerprint density at radius 1 is 1.33 bits per heavy atom. The number of nitrogens with one attached hydrogen (secondary N) is 2. The Hall–Kier alpha value is -2.32. The van der Waals surface area contributed by atoms with Crippen molar-refractivity contribution < 1.29 is 12.8 Å². The second kappa shape index (κ2) is 6.29.